The summed E-state index contributed by atoms with van der Waals surface area (Å²) in [6, 6.07) is 6.54. The molecule has 0 aliphatic carbocycles. The second-order valence-electron chi connectivity index (χ2n) is 5.24. The number of esters is 1. The van der Waals surface area contributed by atoms with Gasteiger partial charge in [-0.2, -0.15) is 0 Å². The Morgan fingerprint density at radius 1 is 1.48 bits per heavy atom. The molecule has 0 radical (unpaired) electrons. The van der Waals surface area contributed by atoms with Gasteiger partial charge in [0.25, 0.3) is 0 Å². The van der Waals surface area contributed by atoms with Crippen molar-refractivity contribution in [2.24, 2.45) is 0 Å². The van der Waals surface area contributed by atoms with E-state index in [1.165, 1.54) is 23.9 Å². The van der Waals surface area contributed by atoms with Crippen LogP contribution in [-0.2, 0) is 22.4 Å². The maximum atomic E-state index is 11.2. The molecule has 0 N–H and O–H groups in total. The first kappa shape index (κ1) is 14.1. The lowest BCUT2D eigenvalue weighted by Gasteiger charge is -2.11. The number of rotatable bonds is 4. The first-order valence-corrected chi connectivity index (χ1v) is 7.91. The van der Waals surface area contributed by atoms with E-state index < -0.39 is 0 Å². The minimum atomic E-state index is -0.190. The Balaban J connectivity index is 1.76. The fourth-order valence-electron chi connectivity index (χ4n) is 2.59. The zero-order valence-electron chi connectivity index (χ0n) is 12.3. The molecule has 21 heavy (non-hydrogen) atoms. The predicted molar refractivity (Wildman–Crippen MR) is 84.9 cm³/mol. The lowest BCUT2D eigenvalue weighted by molar-refractivity contribution is -0.140. The molecular formula is C16H18N2O2S. The van der Waals surface area contributed by atoms with Crippen LogP contribution in [0.1, 0.15) is 17.7 Å². The summed E-state index contributed by atoms with van der Waals surface area (Å²) < 4.78 is 4.66. The monoisotopic (exact) mass is 302 g/mol. The fraction of sp³-hybridized carbons (Fsp3) is 0.375. The van der Waals surface area contributed by atoms with Crippen LogP contribution in [0.2, 0.25) is 0 Å². The molecule has 0 atom stereocenters. The second-order valence-corrected chi connectivity index (χ2v) is 6.09. The number of aromatic nitrogens is 1. The van der Waals surface area contributed by atoms with Gasteiger partial charge in [-0.25, -0.2) is 4.98 Å². The number of anilines is 1. The summed E-state index contributed by atoms with van der Waals surface area (Å²) in [4.78, 5) is 18.1. The molecule has 1 aromatic heterocycles. The molecule has 4 nitrogen and oxygen atoms in total. The summed E-state index contributed by atoms with van der Waals surface area (Å²) in [6.07, 6.45) is 2.12. The van der Waals surface area contributed by atoms with E-state index in [0.717, 1.165) is 23.7 Å². The summed E-state index contributed by atoms with van der Waals surface area (Å²) in [7, 11) is 3.54. The number of fused-ring (bicyclic) bond motifs is 1. The molecule has 1 aliphatic rings. The van der Waals surface area contributed by atoms with Crippen LogP contribution in [0.5, 0.6) is 0 Å². The maximum Gasteiger partial charge on any atom is 0.305 e. The molecule has 0 spiro atoms. The van der Waals surface area contributed by atoms with Crippen molar-refractivity contribution in [3.05, 3.63) is 34.8 Å². The highest BCUT2D eigenvalue weighted by molar-refractivity contribution is 7.13. The molecule has 2 aromatic rings. The average molecular weight is 302 g/mol. The van der Waals surface area contributed by atoms with E-state index in [1.54, 1.807) is 11.3 Å². The molecule has 3 rings (SSSR count). The standard InChI is InChI=1S/C16H18N2O2S/c1-18-8-7-11-9-12(3-5-14(11)18)16-17-13(10-21-16)4-6-15(19)20-2/h3,5,9-10H,4,6-8H2,1-2H3. The van der Waals surface area contributed by atoms with Gasteiger partial charge in [-0.05, 0) is 30.2 Å². The SMILES string of the molecule is COC(=O)CCc1csc(-c2ccc3c(c2)CCN3C)n1. The summed E-state index contributed by atoms with van der Waals surface area (Å²) in [5, 5.41) is 3.05. The van der Waals surface area contributed by atoms with Gasteiger partial charge >= 0.3 is 5.97 Å². The number of ether oxygens (including phenoxy) is 1. The van der Waals surface area contributed by atoms with Crippen LogP contribution < -0.4 is 4.90 Å². The van der Waals surface area contributed by atoms with Gasteiger partial charge in [0.05, 0.1) is 19.2 Å². The van der Waals surface area contributed by atoms with Crippen LogP contribution in [0, 0.1) is 0 Å². The maximum absolute atomic E-state index is 11.2. The van der Waals surface area contributed by atoms with Crippen molar-refractivity contribution in [3.63, 3.8) is 0 Å². The fourth-order valence-corrected chi connectivity index (χ4v) is 3.44. The quantitative estimate of drug-likeness (QED) is 0.815. The minimum absolute atomic E-state index is 0.190. The number of aryl methyl sites for hydroxylation is 1. The van der Waals surface area contributed by atoms with Gasteiger partial charge in [0, 0.05) is 36.6 Å². The Morgan fingerprint density at radius 3 is 3.14 bits per heavy atom. The van der Waals surface area contributed by atoms with Gasteiger partial charge in [0.2, 0.25) is 0 Å². The van der Waals surface area contributed by atoms with Crippen molar-refractivity contribution in [1.82, 2.24) is 4.98 Å². The molecule has 5 heteroatoms. The first-order valence-electron chi connectivity index (χ1n) is 7.03. The Labute approximate surface area is 128 Å². The van der Waals surface area contributed by atoms with Crippen LogP contribution in [-0.4, -0.2) is 31.7 Å². The smallest absolute Gasteiger partial charge is 0.305 e. The number of likely N-dealkylation sites (N-methyl/N-ethyl adjacent to an activating group) is 1. The molecule has 0 amide bonds. The van der Waals surface area contributed by atoms with E-state index in [2.05, 4.69) is 39.9 Å². The molecule has 0 saturated carbocycles. The Kier molecular flexibility index (Phi) is 3.92. The molecule has 1 aromatic carbocycles. The van der Waals surface area contributed by atoms with Crippen LogP contribution in [0.15, 0.2) is 23.6 Å². The Hall–Kier alpha value is -1.88. The van der Waals surface area contributed by atoms with Gasteiger partial charge < -0.3 is 9.64 Å². The highest BCUT2D eigenvalue weighted by atomic mass is 32.1. The number of hydrogen-bond acceptors (Lipinski definition) is 5. The summed E-state index contributed by atoms with van der Waals surface area (Å²) in [5.74, 6) is -0.190. The second kappa shape index (κ2) is 5.85. The lowest BCUT2D eigenvalue weighted by atomic mass is 10.1. The van der Waals surface area contributed by atoms with Gasteiger partial charge in [-0.15, -0.1) is 11.3 Å². The largest absolute Gasteiger partial charge is 0.469 e. The number of carbonyl (C=O) groups is 1. The van der Waals surface area contributed by atoms with E-state index >= 15 is 0 Å². The van der Waals surface area contributed by atoms with E-state index in [1.807, 2.05) is 5.38 Å². The van der Waals surface area contributed by atoms with E-state index in [9.17, 15) is 4.79 Å². The average Bonchev–Trinajstić information content (AvgIpc) is 3.12. The van der Waals surface area contributed by atoms with Gasteiger partial charge in [0.15, 0.2) is 0 Å². The minimum Gasteiger partial charge on any atom is -0.469 e. The van der Waals surface area contributed by atoms with Crippen molar-refractivity contribution in [1.29, 1.82) is 0 Å². The Morgan fingerprint density at radius 2 is 2.33 bits per heavy atom. The number of methoxy groups -OCH3 is 1. The lowest BCUT2D eigenvalue weighted by Crippen LogP contribution is -2.12. The van der Waals surface area contributed by atoms with Gasteiger partial charge in [-0.3, -0.25) is 4.79 Å². The summed E-state index contributed by atoms with van der Waals surface area (Å²) in [6.45, 7) is 1.08. The molecule has 0 unspecified atom stereocenters. The van der Waals surface area contributed by atoms with Crippen molar-refractivity contribution in [2.45, 2.75) is 19.3 Å². The predicted octanol–water partition coefficient (Wildman–Crippen LogP) is 2.91. The zero-order valence-corrected chi connectivity index (χ0v) is 13.1. The first-order chi connectivity index (χ1) is 10.2. The summed E-state index contributed by atoms with van der Waals surface area (Å²) in [5.41, 5.74) is 4.83. The highest BCUT2D eigenvalue weighted by Gasteiger charge is 2.16. The third-order valence-corrected chi connectivity index (χ3v) is 4.76. The van der Waals surface area contributed by atoms with Crippen molar-refractivity contribution in [3.8, 4) is 10.6 Å². The highest BCUT2D eigenvalue weighted by Crippen LogP contribution is 2.32. The van der Waals surface area contributed by atoms with Gasteiger partial charge in [0.1, 0.15) is 5.01 Å². The molecule has 2 heterocycles. The van der Waals surface area contributed by atoms with Crippen molar-refractivity contribution < 1.29 is 9.53 Å². The number of thiazole rings is 1. The van der Waals surface area contributed by atoms with Crippen LogP contribution in [0.4, 0.5) is 5.69 Å². The number of benzene rings is 1. The van der Waals surface area contributed by atoms with Crippen molar-refractivity contribution >= 4 is 23.0 Å². The molecule has 0 bridgehead atoms. The molecular weight excluding hydrogens is 284 g/mol. The topological polar surface area (TPSA) is 42.4 Å². The van der Waals surface area contributed by atoms with Crippen LogP contribution in [0.3, 0.4) is 0 Å². The molecule has 0 saturated heterocycles. The van der Waals surface area contributed by atoms with E-state index in [-0.39, 0.29) is 5.97 Å². The zero-order chi connectivity index (χ0) is 14.8. The van der Waals surface area contributed by atoms with Crippen LogP contribution in [0.25, 0.3) is 10.6 Å². The molecule has 110 valence electrons. The Bertz CT molecular complexity index is 666. The van der Waals surface area contributed by atoms with Crippen molar-refractivity contribution in [2.75, 3.05) is 25.6 Å². The molecule has 1 aliphatic heterocycles. The third-order valence-electron chi connectivity index (χ3n) is 3.82. The summed E-state index contributed by atoms with van der Waals surface area (Å²) >= 11 is 1.63. The molecule has 0 fully saturated rings. The normalized spacial score (nSPS) is 13.3. The third kappa shape index (κ3) is 2.93. The number of nitrogens with zero attached hydrogens (tertiary/aromatic N) is 2. The van der Waals surface area contributed by atoms with Gasteiger partial charge in [-0.1, -0.05) is 0 Å². The number of hydrogen-bond donors (Lipinski definition) is 0. The van der Waals surface area contributed by atoms with E-state index in [0.29, 0.717) is 12.8 Å². The van der Waals surface area contributed by atoms with E-state index in [4.69, 9.17) is 0 Å². The number of carbonyl (C=O) groups excluding carboxylic acids is 1. The van der Waals surface area contributed by atoms with Crippen LogP contribution >= 0.6 is 11.3 Å².